The van der Waals surface area contributed by atoms with Crippen molar-refractivity contribution in [3.05, 3.63) is 47.9 Å². The first-order chi connectivity index (χ1) is 15.7. The van der Waals surface area contributed by atoms with Crippen LogP contribution in [0, 0.1) is 0 Å². The molecule has 0 spiro atoms. The molecule has 1 saturated heterocycles. The zero-order valence-electron chi connectivity index (χ0n) is 17.9. The number of ether oxygens (including phenoxy) is 4. The van der Waals surface area contributed by atoms with Crippen LogP contribution in [0.5, 0.6) is 11.6 Å². The molecule has 32 heavy (non-hydrogen) atoms. The fourth-order valence-corrected chi connectivity index (χ4v) is 3.85. The van der Waals surface area contributed by atoms with Gasteiger partial charge in [0.2, 0.25) is 0 Å². The molecule has 1 unspecified atom stereocenters. The zero-order valence-corrected chi connectivity index (χ0v) is 17.9. The molecule has 0 aromatic carbocycles. The standard InChI is InChI=1S/C22H23N5O5/c1-29-19-9-14(10-23-21(19)30-2)17-4-3-16-18(24-17)12-27(22(16)28)20-5-6-26(25-20)11-15-13-31-7-8-32-15/h3-6,9-10,15H,7-8,11-13H2,1-2H3. The number of carbonyl (C=O) groups excluding carboxylic acids is 1. The van der Waals surface area contributed by atoms with Crippen LogP contribution in [0.25, 0.3) is 11.3 Å². The number of fused-ring (bicyclic) bond motifs is 1. The number of rotatable bonds is 6. The summed E-state index contributed by atoms with van der Waals surface area (Å²) in [5.74, 6) is 1.38. The quantitative estimate of drug-likeness (QED) is 0.577. The third-order valence-corrected chi connectivity index (χ3v) is 5.46. The summed E-state index contributed by atoms with van der Waals surface area (Å²) in [6.07, 6.45) is 3.48. The van der Waals surface area contributed by atoms with Crippen LogP contribution in [-0.4, -0.2) is 65.8 Å². The molecule has 5 heterocycles. The Morgan fingerprint density at radius 2 is 2.09 bits per heavy atom. The maximum absolute atomic E-state index is 13.0. The van der Waals surface area contributed by atoms with E-state index >= 15 is 0 Å². The van der Waals surface area contributed by atoms with Crippen LogP contribution < -0.4 is 14.4 Å². The van der Waals surface area contributed by atoms with E-state index in [2.05, 4.69) is 10.1 Å². The van der Waals surface area contributed by atoms with E-state index in [1.54, 1.807) is 29.0 Å². The monoisotopic (exact) mass is 437 g/mol. The van der Waals surface area contributed by atoms with Crippen molar-refractivity contribution in [1.29, 1.82) is 0 Å². The minimum Gasteiger partial charge on any atom is -0.491 e. The van der Waals surface area contributed by atoms with Gasteiger partial charge < -0.3 is 18.9 Å². The van der Waals surface area contributed by atoms with Crippen LogP contribution in [0.2, 0.25) is 0 Å². The highest BCUT2D eigenvalue weighted by atomic mass is 16.6. The van der Waals surface area contributed by atoms with Gasteiger partial charge in [0, 0.05) is 24.0 Å². The summed E-state index contributed by atoms with van der Waals surface area (Å²) < 4.78 is 23.4. The van der Waals surface area contributed by atoms with Gasteiger partial charge in [-0.25, -0.2) is 4.98 Å². The molecule has 0 aliphatic carbocycles. The Bertz CT molecular complexity index is 1140. The number of aromatic nitrogens is 4. The lowest BCUT2D eigenvalue weighted by atomic mass is 10.1. The summed E-state index contributed by atoms with van der Waals surface area (Å²) in [5, 5.41) is 4.56. The molecule has 2 aliphatic rings. The highest BCUT2D eigenvalue weighted by Gasteiger charge is 2.31. The second-order valence-corrected chi connectivity index (χ2v) is 7.48. The number of anilines is 1. The molecular formula is C22H23N5O5. The Morgan fingerprint density at radius 3 is 2.88 bits per heavy atom. The summed E-state index contributed by atoms with van der Waals surface area (Å²) >= 11 is 0. The summed E-state index contributed by atoms with van der Waals surface area (Å²) in [4.78, 5) is 23.6. The molecule has 0 radical (unpaired) electrons. The second-order valence-electron chi connectivity index (χ2n) is 7.48. The summed E-state index contributed by atoms with van der Waals surface area (Å²) in [6, 6.07) is 7.24. The van der Waals surface area contributed by atoms with Gasteiger partial charge >= 0.3 is 0 Å². The lowest BCUT2D eigenvalue weighted by Crippen LogP contribution is -2.32. The van der Waals surface area contributed by atoms with Crippen molar-refractivity contribution < 1.29 is 23.7 Å². The number of amides is 1. The molecular weight excluding hydrogens is 414 g/mol. The maximum Gasteiger partial charge on any atom is 0.261 e. The minimum atomic E-state index is -0.119. The molecule has 3 aromatic heterocycles. The highest BCUT2D eigenvalue weighted by Crippen LogP contribution is 2.32. The zero-order chi connectivity index (χ0) is 22.1. The Kier molecular flexibility index (Phi) is 5.46. The number of carbonyl (C=O) groups is 1. The van der Waals surface area contributed by atoms with Crippen molar-refractivity contribution in [3.63, 3.8) is 0 Å². The number of methoxy groups -OCH3 is 2. The normalized spacial score (nSPS) is 18.0. The average molecular weight is 437 g/mol. The van der Waals surface area contributed by atoms with Crippen LogP contribution in [-0.2, 0) is 22.6 Å². The van der Waals surface area contributed by atoms with Gasteiger partial charge in [0.05, 0.1) is 64.1 Å². The fourth-order valence-electron chi connectivity index (χ4n) is 3.85. The molecule has 10 heteroatoms. The lowest BCUT2D eigenvalue weighted by molar-refractivity contribution is -0.0946. The van der Waals surface area contributed by atoms with Crippen molar-refractivity contribution in [1.82, 2.24) is 19.7 Å². The van der Waals surface area contributed by atoms with Gasteiger partial charge in [-0.2, -0.15) is 5.10 Å². The summed E-state index contributed by atoms with van der Waals surface area (Å²) in [6.45, 7) is 2.67. The Labute approximate surface area is 184 Å². The van der Waals surface area contributed by atoms with E-state index in [-0.39, 0.29) is 12.0 Å². The second kappa shape index (κ2) is 8.56. The molecule has 3 aromatic rings. The van der Waals surface area contributed by atoms with Crippen molar-refractivity contribution in [2.75, 3.05) is 38.9 Å². The van der Waals surface area contributed by atoms with E-state index in [1.807, 2.05) is 24.4 Å². The largest absolute Gasteiger partial charge is 0.491 e. The van der Waals surface area contributed by atoms with Crippen LogP contribution in [0.4, 0.5) is 5.82 Å². The van der Waals surface area contributed by atoms with Gasteiger partial charge in [-0.05, 0) is 18.2 Å². The predicted octanol–water partition coefficient (Wildman–Crippen LogP) is 1.93. The van der Waals surface area contributed by atoms with Gasteiger partial charge in [0.25, 0.3) is 11.8 Å². The van der Waals surface area contributed by atoms with Crippen LogP contribution >= 0.6 is 0 Å². The third kappa shape index (κ3) is 3.78. The van der Waals surface area contributed by atoms with Crippen LogP contribution in [0.1, 0.15) is 16.1 Å². The van der Waals surface area contributed by atoms with Gasteiger partial charge in [0.1, 0.15) is 6.10 Å². The van der Waals surface area contributed by atoms with Crippen molar-refractivity contribution in [2.24, 2.45) is 0 Å². The summed E-state index contributed by atoms with van der Waals surface area (Å²) in [7, 11) is 3.10. The van der Waals surface area contributed by atoms with E-state index in [9.17, 15) is 4.79 Å². The summed E-state index contributed by atoms with van der Waals surface area (Å²) in [5.41, 5.74) is 2.74. The molecule has 10 nitrogen and oxygen atoms in total. The Balaban J connectivity index is 1.35. The van der Waals surface area contributed by atoms with Crippen LogP contribution in [0.15, 0.2) is 36.7 Å². The molecule has 166 valence electrons. The topological polar surface area (TPSA) is 101 Å². The molecule has 1 fully saturated rings. The van der Waals surface area contributed by atoms with Crippen molar-refractivity contribution >= 4 is 11.7 Å². The highest BCUT2D eigenvalue weighted by molar-refractivity contribution is 6.09. The van der Waals surface area contributed by atoms with E-state index in [4.69, 9.17) is 23.9 Å². The van der Waals surface area contributed by atoms with E-state index < -0.39 is 0 Å². The van der Waals surface area contributed by atoms with Gasteiger partial charge in [0.15, 0.2) is 11.6 Å². The number of nitrogens with zero attached hydrogens (tertiary/aromatic N) is 5. The van der Waals surface area contributed by atoms with E-state index in [0.717, 1.165) is 5.56 Å². The predicted molar refractivity (Wildman–Crippen MR) is 114 cm³/mol. The molecule has 0 saturated carbocycles. The molecule has 1 atom stereocenters. The maximum atomic E-state index is 13.0. The Hall–Kier alpha value is -3.50. The number of hydrogen-bond donors (Lipinski definition) is 0. The number of hydrogen-bond acceptors (Lipinski definition) is 8. The van der Waals surface area contributed by atoms with Gasteiger partial charge in [-0.1, -0.05) is 0 Å². The molecule has 0 N–H and O–H groups in total. The SMILES string of the molecule is COc1cc(-c2ccc3c(n2)CN(c2ccn(CC4COCCO4)n2)C3=O)cnc1OC. The Morgan fingerprint density at radius 1 is 1.19 bits per heavy atom. The van der Waals surface area contributed by atoms with E-state index in [1.165, 1.54) is 7.11 Å². The van der Waals surface area contributed by atoms with Gasteiger partial charge in [-0.15, -0.1) is 0 Å². The molecule has 0 bridgehead atoms. The third-order valence-electron chi connectivity index (χ3n) is 5.46. The molecule has 2 aliphatic heterocycles. The minimum absolute atomic E-state index is 0.0395. The van der Waals surface area contributed by atoms with Gasteiger partial charge in [-0.3, -0.25) is 19.4 Å². The lowest BCUT2D eigenvalue weighted by Gasteiger charge is -2.22. The van der Waals surface area contributed by atoms with E-state index in [0.29, 0.717) is 67.3 Å². The smallest absolute Gasteiger partial charge is 0.261 e. The average Bonchev–Trinajstić information content (AvgIpc) is 3.43. The molecule has 1 amide bonds. The molecule has 5 rings (SSSR count). The first-order valence-electron chi connectivity index (χ1n) is 10.3. The fraction of sp³-hybridized carbons (Fsp3) is 0.364. The van der Waals surface area contributed by atoms with Crippen molar-refractivity contribution in [2.45, 2.75) is 19.2 Å². The first kappa shape index (κ1) is 20.4. The first-order valence-corrected chi connectivity index (χ1v) is 10.3. The number of pyridine rings is 2. The van der Waals surface area contributed by atoms with Crippen molar-refractivity contribution in [3.8, 4) is 22.9 Å². The van der Waals surface area contributed by atoms with Crippen LogP contribution in [0.3, 0.4) is 0 Å².